The van der Waals surface area contributed by atoms with Crippen molar-refractivity contribution in [3.05, 3.63) is 58.7 Å². The topological polar surface area (TPSA) is 26.5 Å². The predicted octanol–water partition coefficient (Wildman–Crippen LogP) is 8.60. The van der Waals surface area contributed by atoms with Crippen molar-refractivity contribution in [2.24, 2.45) is 4.99 Å². The number of rotatable bonds is 8. The molecule has 2 aromatic rings. The van der Waals surface area contributed by atoms with Crippen LogP contribution in [0.15, 0.2) is 41.4 Å². The maximum Gasteiger partial charge on any atom is 0.0857 e. The highest BCUT2D eigenvalue weighted by Gasteiger charge is 2.19. The molecule has 0 N–H and O–H groups in total. The van der Waals surface area contributed by atoms with Gasteiger partial charge in [-0.2, -0.15) is 0 Å². The summed E-state index contributed by atoms with van der Waals surface area (Å²) in [6.45, 7) is 22.3. The fourth-order valence-corrected chi connectivity index (χ4v) is 3.86. The molecular weight excluding hydrogens is 364 g/mol. The Labute approximate surface area is 185 Å². The Balaban J connectivity index is 2.48. The summed E-state index contributed by atoms with van der Waals surface area (Å²) in [6.07, 6.45) is 0. The molecule has 2 nitrogen and oxygen atoms in total. The van der Waals surface area contributed by atoms with E-state index in [1.165, 1.54) is 22.3 Å². The molecule has 1 atom stereocenters. The smallest absolute Gasteiger partial charge is 0.0857 e. The highest BCUT2D eigenvalue weighted by atomic mass is 15.0. The Morgan fingerprint density at radius 3 is 1.23 bits per heavy atom. The second-order valence-corrected chi connectivity index (χ2v) is 9.75. The van der Waals surface area contributed by atoms with E-state index >= 15 is 0 Å². The molecule has 0 spiro atoms. The third-order valence-electron chi connectivity index (χ3n) is 5.90. The summed E-state index contributed by atoms with van der Waals surface area (Å²) in [7, 11) is 0. The summed E-state index contributed by atoms with van der Waals surface area (Å²) in [6, 6.07) is 13.2. The van der Waals surface area contributed by atoms with E-state index in [0.717, 1.165) is 17.1 Å². The molecule has 0 fully saturated rings. The van der Waals surface area contributed by atoms with Crippen molar-refractivity contribution in [2.45, 2.75) is 99.0 Å². The third kappa shape index (κ3) is 5.53. The highest BCUT2D eigenvalue weighted by molar-refractivity contribution is 5.90. The van der Waals surface area contributed by atoms with Gasteiger partial charge in [-0.05, 0) is 59.8 Å². The van der Waals surface area contributed by atoms with E-state index in [1.54, 1.807) is 0 Å². The molecule has 2 aromatic carbocycles. The first kappa shape index (κ1) is 24.2. The van der Waals surface area contributed by atoms with Crippen LogP contribution in [-0.2, 0) is 0 Å². The SMILES string of the molecule is CC(=Nc1c(C(C)C)cccc1C(C)C)C(C)[N]c1c(C(C)C)cccc1C(C)C. The molecular formula is C28H41N2. The Morgan fingerprint density at radius 1 is 0.567 bits per heavy atom. The largest absolute Gasteiger partial charge is 0.276 e. The Kier molecular flexibility index (Phi) is 8.29. The molecule has 1 unspecified atom stereocenters. The lowest BCUT2D eigenvalue weighted by molar-refractivity contribution is 0.744. The standard InChI is InChI=1S/C28H41N2/c1-17(2)23-13-11-14-24(18(3)4)27(23)29-21(9)22(10)30-28-25(19(5)6)15-12-16-26(28)20(7)8/h11-21H,1-10H3. The summed E-state index contributed by atoms with van der Waals surface area (Å²) in [5.74, 6) is 1.77. The second kappa shape index (κ2) is 10.3. The normalized spacial score (nSPS) is 13.6. The van der Waals surface area contributed by atoms with E-state index in [0.29, 0.717) is 23.7 Å². The van der Waals surface area contributed by atoms with E-state index in [2.05, 4.69) is 106 Å². The molecule has 0 aliphatic rings. The zero-order valence-electron chi connectivity index (χ0n) is 20.7. The van der Waals surface area contributed by atoms with Crippen molar-refractivity contribution in [2.75, 3.05) is 0 Å². The molecule has 0 aromatic heterocycles. The number of aliphatic imine (C=N–C) groups is 1. The van der Waals surface area contributed by atoms with E-state index in [1.807, 2.05) is 0 Å². The minimum absolute atomic E-state index is 0.0302. The first-order valence-corrected chi connectivity index (χ1v) is 11.6. The van der Waals surface area contributed by atoms with E-state index in [4.69, 9.17) is 10.3 Å². The van der Waals surface area contributed by atoms with Crippen molar-refractivity contribution in [3.63, 3.8) is 0 Å². The first-order chi connectivity index (χ1) is 14.0. The van der Waals surface area contributed by atoms with Crippen LogP contribution in [0.25, 0.3) is 0 Å². The van der Waals surface area contributed by atoms with Crippen LogP contribution < -0.4 is 5.32 Å². The van der Waals surface area contributed by atoms with Crippen molar-refractivity contribution < 1.29 is 0 Å². The average molecular weight is 406 g/mol. The molecule has 2 rings (SSSR count). The van der Waals surface area contributed by atoms with Gasteiger partial charge in [0, 0.05) is 5.71 Å². The van der Waals surface area contributed by atoms with Crippen LogP contribution >= 0.6 is 0 Å². The maximum absolute atomic E-state index is 5.22. The molecule has 0 heterocycles. The highest BCUT2D eigenvalue weighted by Crippen LogP contribution is 2.36. The number of benzene rings is 2. The summed E-state index contributed by atoms with van der Waals surface area (Å²) in [4.78, 5) is 5.17. The minimum atomic E-state index is 0.0302. The van der Waals surface area contributed by atoms with Gasteiger partial charge in [-0.25, -0.2) is 0 Å². The van der Waals surface area contributed by atoms with Crippen molar-refractivity contribution in [1.82, 2.24) is 5.32 Å². The Morgan fingerprint density at radius 2 is 0.900 bits per heavy atom. The van der Waals surface area contributed by atoms with Gasteiger partial charge in [0.05, 0.1) is 17.4 Å². The van der Waals surface area contributed by atoms with Crippen LogP contribution in [0.1, 0.15) is 115 Å². The summed E-state index contributed by atoms with van der Waals surface area (Å²) in [5.41, 5.74) is 8.65. The van der Waals surface area contributed by atoms with Crippen molar-refractivity contribution in [1.29, 1.82) is 0 Å². The van der Waals surface area contributed by atoms with Gasteiger partial charge in [0.15, 0.2) is 0 Å². The molecule has 30 heavy (non-hydrogen) atoms. The molecule has 0 amide bonds. The van der Waals surface area contributed by atoms with Crippen LogP contribution in [0.5, 0.6) is 0 Å². The number of nitrogens with zero attached hydrogens (tertiary/aromatic N) is 2. The number of hydrogen-bond donors (Lipinski definition) is 0. The third-order valence-corrected chi connectivity index (χ3v) is 5.90. The summed E-state index contributed by atoms with van der Waals surface area (Å²) in [5, 5.41) is 5.22. The van der Waals surface area contributed by atoms with Crippen molar-refractivity contribution in [3.8, 4) is 0 Å². The maximum atomic E-state index is 5.22. The lowest BCUT2D eigenvalue weighted by atomic mass is 9.92. The number of hydrogen-bond acceptors (Lipinski definition) is 1. The molecule has 2 heteroatoms. The Hall–Kier alpha value is -2.09. The summed E-state index contributed by atoms with van der Waals surface area (Å²) < 4.78 is 0. The summed E-state index contributed by atoms with van der Waals surface area (Å²) >= 11 is 0. The first-order valence-electron chi connectivity index (χ1n) is 11.6. The fraction of sp³-hybridized carbons (Fsp3) is 0.536. The van der Waals surface area contributed by atoms with Gasteiger partial charge in [0.1, 0.15) is 0 Å². The van der Waals surface area contributed by atoms with Gasteiger partial charge in [-0.15, -0.1) is 0 Å². The van der Waals surface area contributed by atoms with Crippen LogP contribution in [0.4, 0.5) is 11.4 Å². The van der Waals surface area contributed by atoms with Gasteiger partial charge in [0.2, 0.25) is 0 Å². The Bertz CT molecular complexity index is 820. The lowest BCUT2D eigenvalue weighted by Crippen LogP contribution is -2.24. The van der Waals surface area contributed by atoms with Gasteiger partial charge in [0.25, 0.3) is 0 Å². The molecule has 1 radical (unpaired) electrons. The molecule has 0 saturated carbocycles. The molecule has 0 aliphatic carbocycles. The molecule has 0 aliphatic heterocycles. The lowest BCUT2D eigenvalue weighted by Gasteiger charge is -2.23. The second-order valence-electron chi connectivity index (χ2n) is 9.75. The number of para-hydroxylation sites is 2. The quantitative estimate of drug-likeness (QED) is 0.393. The van der Waals surface area contributed by atoms with Crippen molar-refractivity contribution >= 4 is 17.1 Å². The van der Waals surface area contributed by atoms with Crippen LogP contribution in [-0.4, -0.2) is 11.8 Å². The zero-order chi connectivity index (χ0) is 22.6. The average Bonchev–Trinajstić information content (AvgIpc) is 2.67. The van der Waals surface area contributed by atoms with E-state index in [-0.39, 0.29) is 6.04 Å². The van der Waals surface area contributed by atoms with Gasteiger partial charge in [-0.3, -0.25) is 10.3 Å². The van der Waals surface area contributed by atoms with Gasteiger partial charge in [-0.1, -0.05) is 91.8 Å². The zero-order valence-corrected chi connectivity index (χ0v) is 20.7. The van der Waals surface area contributed by atoms with Crippen LogP contribution in [0, 0.1) is 0 Å². The predicted molar refractivity (Wildman–Crippen MR) is 133 cm³/mol. The molecule has 163 valence electrons. The minimum Gasteiger partial charge on any atom is -0.276 e. The molecule has 0 bridgehead atoms. The monoisotopic (exact) mass is 405 g/mol. The van der Waals surface area contributed by atoms with Crippen LogP contribution in [0.3, 0.4) is 0 Å². The van der Waals surface area contributed by atoms with Gasteiger partial charge < -0.3 is 0 Å². The molecule has 0 saturated heterocycles. The van der Waals surface area contributed by atoms with Crippen LogP contribution in [0.2, 0.25) is 0 Å². The van der Waals surface area contributed by atoms with Gasteiger partial charge >= 0.3 is 0 Å². The fourth-order valence-electron chi connectivity index (χ4n) is 3.86. The van der Waals surface area contributed by atoms with E-state index in [9.17, 15) is 0 Å². The van der Waals surface area contributed by atoms with E-state index < -0.39 is 0 Å².